The van der Waals surface area contributed by atoms with Crippen molar-refractivity contribution in [2.24, 2.45) is 5.73 Å². The third-order valence-corrected chi connectivity index (χ3v) is 4.74. The van der Waals surface area contributed by atoms with Gasteiger partial charge < -0.3 is 19.6 Å². The normalized spacial score (nSPS) is 15.3. The molecule has 29 heavy (non-hydrogen) atoms. The van der Waals surface area contributed by atoms with E-state index in [1.165, 1.54) is 42.7 Å². The molecule has 0 spiro atoms. The quantitative estimate of drug-likeness (QED) is 0.504. The van der Waals surface area contributed by atoms with E-state index in [1.807, 2.05) is 6.07 Å². The summed E-state index contributed by atoms with van der Waals surface area (Å²) in [6.07, 6.45) is 1.35. The minimum atomic E-state index is -0.868. The molecule has 2 aromatic carbocycles. The smallest absolute Gasteiger partial charge is 0.379 e. The molecule has 0 saturated carbocycles. The molecule has 0 unspecified atom stereocenters. The lowest BCUT2D eigenvalue weighted by Crippen LogP contribution is -2.22. The number of hydrogen-bond donors (Lipinski definition) is 1. The number of allylic oxidation sites excluding steroid dienone is 1. The number of carbonyl (C=O) groups is 1. The zero-order valence-corrected chi connectivity index (χ0v) is 15.4. The maximum atomic E-state index is 14.6. The third kappa shape index (κ3) is 3.30. The minimum Gasteiger partial charge on any atom is -0.457 e. The van der Waals surface area contributed by atoms with Crippen LogP contribution in [0.2, 0.25) is 5.02 Å². The largest absolute Gasteiger partial charge is 0.457 e. The van der Waals surface area contributed by atoms with Crippen molar-refractivity contribution in [1.29, 1.82) is 5.26 Å². The lowest BCUT2D eigenvalue weighted by atomic mass is 9.83. The van der Waals surface area contributed by atoms with Crippen molar-refractivity contribution in [3.8, 4) is 17.6 Å². The number of ether oxygens (including phenoxy) is 2. The van der Waals surface area contributed by atoms with Gasteiger partial charge in [0.1, 0.15) is 29.0 Å². The van der Waals surface area contributed by atoms with Gasteiger partial charge >= 0.3 is 5.97 Å². The van der Waals surface area contributed by atoms with E-state index in [0.29, 0.717) is 5.56 Å². The molecule has 0 amide bonds. The number of fused-ring (bicyclic) bond motifs is 1. The van der Waals surface area contributed by atoms with Gasteiger partial charge in [-0.15, -0.1) is 0 Å². The van der Waals surface area contributed by atoms with E-state index in [1.54, 1.807) is 12.1 Å². The van der Waals surface area contributed by atoms with Crippen LogP contribution in [0.3, 0.4) is 0 Å². The van der Waals surface area contributed by atoms with Crippen molar-refractivity contribution < 1.29 is 23.1 Å². The minimum absolute atomic E-state index is 0.0323. The van der Waals surface area contributed by atoms with Crippen LogP contribution in [0.5, 0.6) is 11.5 Å². The highest BCUT2D eigenvalue weighted by Crippen LogP contribution is 2.46. The zero-order valence-electron chi connectivity index (χ0n) is 14.7. The van der Waals surface area contributed by atoms with E-state index in [4.69, 9.17) is 31.2 Å². The standard InChI is InChI=1S/C21H12ClFN2O4/c22-14-3-1-4-15(23)19(14)18-12-7-6-11(28-21(26)16-5-2-8-27-16)9-17(12)29-20(25)13(18)10-24/h1-9,18H,25H2/t18-/m1/s1. The van der Waals surface area contributed by atoms with Crippen molar-refractivity contribution in [3.63, 3.8) is 0 Å². The number of nitrogens with zero attached hydrogens (tertiary/aromatic N) is 1. The number of furan rings is 1. The Bertz CT molecular complexity index is 1160. The molecule has 1 aliphatic rings. The summed E-state index contributed by atoms with van der Waals surface area (Å²) in [6.45, 7) is 0. The Kier molecular flexibility index (Phi) is 4.71. The number of halogens is 2. The maximum absolute atomic E-state index is 14.6. The number of nitrogens with two attached hydrogens (primary N) is 1. The molecule has 3 aromatic rings. The van der Waals surface area contributed by atoms with Crippen molar-refractivity contribution in [3.05, 3.63) is 94.0 Å². The van der Waals surface area contributed by atoms with Crippen molar-refractivity contribution >= 4 is 17.6 Å². The second kappa shape index (κ2) is 7.34. The van der Waals surface area contributed by atoms with Crippen LogP contribution in [-0.4, -0.2) is 5.97 Å². The van der Waals surface area contributed by atoms with Crippen LogP contribution < -0.4 is 15.2 Å². The molecule has 1 aliphatic heterocycles. The zero-order chi connectivity index (χ0) is 20.5. The highest BCUT2D eigenvalue weighted by Gasteiger charge is 2.34. The Morgan fingerprint density at radius 1 is 1.24 bits per heavy atom. The second-order valence-electron chi connectivity index (χ2n) is 6.13. The average Bonchev–Trinajstić information content (AvgIpc) is 3.22. The number of esters is 1. The lowest BCUT2D eigenvalue weighted by molar-refractivity contribution is 0.0701. The molecule has 2 heterocycles. The van der Waals surface area contributed by atoms with Crippen molar-refractivity contribution in [1.82, 2.24) is 0 Å². The number of carbonyl (C=O) groups excluding carboxylic acids is 1. The van der Waals surface area contributed by atoms with Gasteiger partial charge in [-0.25, -0.2) is 9.18 Å². The van der Waals surface area contributed by atoms with E-state index in [9.17, 15) is 14.4 Å². The van der Waals surface area contributed by atoms with Crippen LogP contribution in [0.15, 0.2) is 70.7 Å². The molecule has 6 nitrogen and oxygen atoms in total. The third-order valence-electron chi connectivity index (χ3n) is 4.41. The first-order valence-electron chi connectivity index (χ1n) is 8.40. The van der Waals surface area contributed by atoms with E-state index in [-0.39, 0.29) is 39.3 Å². The number of rotatable bonds is 3. The molecule has 4 rings (SSSR count). The van der Waals surface area contributed by atoms with Gasteiger partial charge in [-0.1, -0.05) is 23.7 Å². The van der Waals surface area contributed by atoms with Gasteiger partial charge in [0.15, 0.2) is 0 Å². The Labute approximate surface area is 169 Å². The molecule has 1 atom stereocenters. The Morgan fingerprint density at radius 3 is 2.76 bits per heavy atom. The summed E-state index contributed by atoms with van der Waals surface area (Å²) in [6, 6.07) is 13.7. The van der Waals surface area contributed by atoms with Gasteiger partial charge in [-0.05, 0) is 30.3 Å². The van der Waals surface area contributed by atoms with E-state index in [2.05, 4.69) is 0 Å². The van der Waals surface area contributed by atoms with Crippen molar-refractivity contribution in [2.75, 3.05) is 0 Å². The first-order valence-corrected chi connectivity index (χ1v) is 8.78. The number of benzene rings is 2. The molecule has 0 fully saturated rings. The van der Waals surface area contributed by atoms with Crippen molar-refractivity contribution in [2.45, 2.75) is 5.92 Å². The molecule has 1 aromatic heterocycles. The Morgan fingerprint density at radius 2 is 2.07 bits per heavy atom. The fraction of sp³-hybridized carbons (Fsp3) is 0.0476. The van der Waals surface area contributed by atoms with E-state index < -0.39 is 17.7 Å². The van der Waals surface area contributed by atoms with Crippen LogP contribution in [0.25, 0.3) is 0 Å². The van der Waals surface area contributed by atoms with Gasteiger partial charge in [0.2, 0.25) is 11.6 Å². The summed E-state index contributed by atoms with van der Waals surface area (Å²) in [4.78, 5) is 12.1. The summed E-state index contributed by atoms with van der Waals surface area (Å²) >= 11 is 6.22. The van der Waals surface area contributed by atoms with Crippen LogP contribution in [0, 0.1) is 17.1 Å². The predicted molar refractivity (Wildman–Crippen MR) is 101 cm³/mol. The lowest BCUT2D eigenvalue weighted by Gasteiger charge is -2.27. The molecular weight excluding hydrogens is 399 g/mol. The van der Waals surface area contributed by atoms with Crippen LogP contribution in [0.1, 0.15) is 27.6 Å². The van der Waals surface area contributed by atoms with Crippen LogP contribution in [0.4, 0.5) is 4.39 Å². The second-order valence-corrected chi connectivity index (χ2v) is 6.53. The molecule has 0 aliphatic carbocycles. The molecule has 0 radical (unpaired) electrons. The molecular formula is C21H12ClFN2O4. The van der Waals surface area contributed by atoms with Gasteiger partial charge in [0, 0.05) is 22.2 Å². The van der Waals surface area contributed by atoms with E-state index in [0.717, 1.165) is 0 Å². The van der Waals surface area contributed by atoms with E-state index >= 15 is 0 Å². The first kappa shape index (κ1) is 18.6. The maximum Gasteiger partial charge on any atom is 0.379 e. The molecule has 144 valence electrons. The highest BCUT2D eigenvalue weighted by atomic mass is 35.5. The monoisotopic (exact) mass is 410 g/mol. The molecule has 0 saturated heterocycles. The highest BCUT2D eigenvalue weighted by molar-refractivity contribution is 6.31. The summed E-state index contributed by atoms with van der Waals surface area (Å²) < 4.78 is 30.4. The van der Waals surface area contributed by atoms with Crippen LogP contribution >= 0.6 is 11.6 Å². The molecule has 0 bridgehead atoms. The summed E-state index contributed by atoms with van der Waals surface area (Å²) in [5.41, 5.74) is 6.51. The summed E-state index contributed by atoms with van der Waals surface area (Å²) in [5, 5.41) is 9.72. The Balaban J connectivity index is 1.78. The van der Waals surface area contributed by atoms with Gasteiger partial charge in [-0.3, -0.25) is 0 Å². The number of hydrogen-bond acceptors (Lipinski definition) is 6. The average molecular weight is 411 g/mol. The Hall–Kier alpha value is -3.76. The molecule has 8 heteroatoms. The molecule has 2 N–H and O–H groups in total. The number of nitriles is 1. The van der Waals surface area contributed by atoms with Gasteiger partial charge in [0.05, 0.1) is 12.2 Å². The summed E-state index contributed by atoms with van der Waals surface area (Å²) in [7, 11) is 0. The topological polar surface area (TPSA) is 98.5 Å². The fourth-order valence-electron chi connectivity index (χ4n) is 3.13. The fourth-order valence-corrected chi connectivity index (χ4v) is 3.41. The SMILES string of the molecule is N#CC1=C(N)Oc2cc(OC(=O)c3ccco3)ccc2[C@H]1c1c(F)cccc1Cl. The summed E-state index contributed by atoms with van der Waals surface area (Å²) in [5.74, 6) is -1.91. The van der Waals surface area contributed by atoms with Gasteiger partial charge in [0.25, 0.3) is 0 Å². The van der Waals surface area contributed by atoms with Gasteiger partial charge in [-0.2, -0.15) is 5.26 Å². The first-order chi connectivity index (χ1) is 14.0. The van der Waals surface area contributed by atoms with Crippen LogP contribution in [-0.2, 0) is 0 Å². The predicted octanol–water partition coefficient (Wildman–Crippen LogP) is 4.51.